The van der Waals surface area contributed by atoms with Gasteiger partial charge >= 0.3 is 5.97 Å². The van der Waals surface area contributed by atoms with Crippen LogP contribution in [0.2, 0.25) is 0 Å². The monoisotopic (exact) mass is 444 g/mol. The van der Waals surface area contributed by atoms with Crippen LogP contribution < -0.4 is 10.7 Å². The minimum absolute atomic E-state index is 0.122. The van der Waals surface area contributed by atoms with Crippen LogP contribution in [0.1, 0.15) is 62.7 Å². The maximum Gasteiger partial charge on any atom is 0.339 e. The van der Waals surface area contributed by atoms with Gasteiger partial charge in [-0.05, 0) is 71.1 Å². The highest BCUT2D eigenvalue weighted by Gasteiger charge is 2.35. The van der Waals surface area contributed by atoms with E-state index in [1.807, 2.05) is 69.8 Å². The summed E-state index contributed by atoms with van der Waals surface area (Å²) in [5, 5.41) is 13.3. The fourth-order valence-corrected chi connectivity index (χ4v) is 5.16. The fourth-order valence-electron chi connectivity index (χ4n) is 4.08. The Labute approximate surface area is 188 Å². The van der Waals surface area contributed by atoms with E-state index in [0.717, 1.165) is 35.7 Å². The van der Waals surface area contributed by atoms with E-state index in [9.17, 15) is 14.7 Å². The molecule has 0 aliphatic carbocycles. The molecule has 1 fully saturated rings. The van der Waals surface area contributed by atoms with Crippen LogP contribution in [0, 0.1) is 13.8 Å². The number of para-hydroxylation sites is 1. The molecule has 2 aromatic rings. The molecule has 1 aliphatic heterocycles. The number of carboxylic acids is 1. The first-order chi connectivity index (χ1) is 14.6. The average Bonchev–Trinajstić information content (AvgIpc) is 2.73. The van der Waals surface area contributed by atoms with E-state index in [4.69, 9.17) is 4.74 Å². The van der Waals surface area contributed by atoms with E-state index < -0.39 is 17.7 Å². The number of nitrogens with zero attached hydrogens (tertiary/aromatic N) is 1. The van der Waals surface area contributed by atoms with Gasteiger partial charge in [-0.25, -0.2) is 4.79 Å². The molecule has 3 rings (SSSR count). The zero-order chi connectivity index (χ0) is 22.8. The number of thioether (sulfide) groups is 1. The maximum atomic E-state index is 13.4. The Balaban J connectivity index is 2.23. The summed E-state index contributed by atoms with van der Waals surface area (Å²) in [4.78, 5) is 25.7. The van der Waals surface area contributed by atoms with Crippen molar-refractivity contribution in [2.75, 3.05) is 16.8 Å². The predicted octanol–water partition coefficient (Wildman–Crippen LogP) is 5.22. The quantitative estimate of drug-likeness (QED) is 0.636. The van der Waals surface area contributed by atoms with E-state index in [1.54, 1.807) is 6.92 Å². The van der Waals surface area contributed by atoms with Crippen LogP contribution in [0.3, 0.4) is 0 Å². The second-order valence-electron chi connectivity index (χ2n) is 8.95. The molecule has 0 amide bonds. The molecule has 31 heavy (non-hydrogen) atoms. The molecule has 1 aromatic heterocycles. The van der Waals surface area contributed by atoms with Gasteiger partial charge in [0.1, 0.15) is 5.69 Å². The molecule has 168 valence electrons. The second-order valence-corrected chi connectivity index (χ2v) is 10.2. The van der Waals surface area contributed by atoms with Crippen molar-refractivity contribution in [3.05, 3.63) is 57.5 Å². The number of aromatic nitrogens is 1. The lowest BCUT2D eigenvalue weighted by Gasteiger charge is -2.35. The van der Waals surface area contributed by atoms with Crippen molar-refractivity contribution in [1.29, 1.82) is 0 Å². The van der Waals surface area contributed by atoms with E-state index in [1.165, 1.54) is 0 Å². The molecular formula is C24H32N2O4S. The molecule has 6 nitrogen and oxygen atoms in total. The highest BCUT2D eigenvalue weighted by Crippen LogP contribution is 2.36. The van der Waals surface area contributed by atoms with Crippen LogP contribution in [0.4, 0.5) is 11.4 Å². The number of carboxylic acid groups (broad SMARTS) is 1. The number of anilines is 2. The zero-order valence-corrected chi connectivity index (χ0v) is 19.7. The number of hydrogen-bond donors (Lipinski definition) is 2. The number of nitrogens with one attached hydrogen (secondary N) is 1. The number of benzene rings is 1. The number of hydrogen-bond acceptors (Lipinski definition) is 5. The van der Waals surface area contributed by atoms with Crippen molar-refractivity contribution >= 4 is 29.1 Å². The minimum Gasteiger partial charge on any atom is -0.479 e. The molecule has 0 saturated carbocycles. The molecule has 2 heterocycles. The third kappa shape index (κ3) is 5.33. The Morgan fingerprint density at radius 1 is 1.19 bits per heavy atom. The summed E-state index contributed by atoms with van der Waals surface area (Å²) in [5.74, 6) is 0.932. The van der Waals surface area contributed by atoms with Gasteiger partial charge in [-0.3, -0.25) is 4.79 Å². The predicted molar refractivity (Wildman–Crippen MR) is 127 cm³/mol. The lowest BCUT2D eigenvalue weighted by Crippen LogP contribution is -2.35. The van der Waals surface area contributed by atoms with Crippen molar-refractivity contribution < 1.29 is 14.6 Å². The summed E-state index contributed by atoms with van der Waals surface area (Å²) in [5.41, 5.74) is 2.07. The van der Waals surface area contributed by atoms with Crippen molar-refractivity contribution in [2.24, 2.45) is 0 Å². The van der Waals surface area contributed by atoms with E-state index in [2.05, 4.69) is 9.88 Å². The summed E-state index contributed by atoms with van der Waals surface area (Å²) in [6, 6.07) is 9.68. The first kappa shape index (κ1) is 23.4. The van der Waals surface area contributed by atoms with Crippen LogP contribution in [-0.2, 0) is 9.53 Å². The van der Waals surface area contributed by atoms with Gasteiger partial charge in [0.15, 0.2) is 6.10 Å². The summed E-state index contributed by atoms with van der Waals surface area (Å²) in [6.45, 7) is 9.10. The van der Waals surface area contributed by atoms with Crippen molar-refractivity contribution in [1.82, 2.24) is 4.57 Å². The highest BCUT2D eigenvalue weighted by atomic mass is 32.2. The third-order valence-corrected chi connectivity index (χ3v) is 6.53. The molecule has 1 aliphatic rings. The number of pyridine rings is 1. The fraction of sp³-hybridized carbons (Fsp3) is 0.500. The van der Waals surface area contributed by atoms with Crippen molar-refractivity contribution in [2.45, 2.75) is 65.2 Å². The van der Waals surface area contributed by atoms with Crippen LogP contribution >= 0.6 is 11.8 Å². The molecule has 0 radical (unpaired) electrons. The van der Waals surface area contributed by atoms with Gasteiger partial charge in [0.05, 0.1) is 11.3 Å². The Bertz CT molecular complexity index is 989. The smallest absolute Gasteiger partial charge is 0.339 e. The molecule has 0 bridgehead atoms. The lowest BCUT2D eigenvalue weighted by atomic mass is 10.0. The van der Waals surface area contributed by atoms with E-state index in [-0.39, 0.29) is 11.5 Å². The number of carbonyl (C=O) groups is 1. The molecular weight excluding hydrogens is 412 g/mol. The molecule has 1 aromatic carbocycles. The van der Waals surface area contributed by atoms with Gasteiger partial charge in [0, 0.05) is 23.0 Å². The van der Waals surface area contributed by atoms with Crippen LogP contribution in [0.5, 0.6) is 0 Å². The van der Waals surface area contributed by atoms with Gasteiger partial charge in [-0.2, -0.15) is 11.8 Å². The van der Waals surface area contributed by atoms with Crippen LogP contribution in [-0.4, -0.2) is 32.7 Å². The third-order valence-electron chi connectivity index (χ3n) is 5.48. The summed E-state index contributed by atoms with van der Waals surface area (Å²) in [6.07, 6.45) is 0.632. The van der Waals surface area contributed by atoms with Crippen LogP contribution in [0.15, 0.2) is 35.1 Å². The van der Waals surface area contributed by atoms with E-state index in [0.29, 0.717) is 16.9 Å². The molecule has 0 spiro atoms. The SMILES string of the molecule is Cc1c(C(OC(C)(C)C)C(=O)O)n(C2CCSCC2)c(C)c(Nc2ccccc2)c1=O. The van der Waals surface area contributed by atoms with Gasteiger partial charge in [-0.15, -0.1) is 0 Å². The lowest BCUT2D eigenvalue weighted by molar-refractivity contribution is -0.161. The molecule has 7 heteroatoms. The number of ether oxygens (including phenoxy) is 1. The topological polar surface area (TPSA) is 80.6 Å². The van der Waals surface area contributed by atoms with Crippen LogP contribution in [0.25, 0.3) is 0 Å². The first-order valence-corrected chi connectivity index (χ1v) is 11.8. The van der Waals surface area contributed by atoms with Crippen molar-refractivity contribution in [3.8, 4) is 0 Å². The average molecular weight is 445 g/mol. The van der Waals surface area contributed by atoms with E-state index >= 15 is 0 Å². The largest absolute Gasteiger partial charge is 0.479 e. The van der Waals surface area contributed by atoms with Gasteiger partial charge in [0.2, 0.25) is 5.43 Å². The summed E-state index contributed by atoms with van der Waals surface area (Å²) in [7, 11) is 0. The van der Waals surface area contributed by atoms with Gasteiger partial charge in [0.25, 0.3) is 0 Å². The number of aliphatic carboxylic acids is 1. The Morgan fingerprint density at radius 3 is 2.35 bits per heavy atom. The Kier molecular flexibility index (Phi) is 7.17. The van der Waals surface area contributed by atoms with Gasteiger partial charge < -0.3 is 19.7 Å². The van der Waals surface area contributed by atoms with Crippen molar-refractivity contribution in [3.63, 3.8) is 0 Å². The Morgan fingerprint density at radius 2 is 1.81 bits per heavy atom. The maximum absolute atomic E-state index is 13.4. The minimum atomic E-state index is -1.22. The normalized spacial score (nSPS) is 16.2. The number of rotatable bonds is 6. The zero-order valence-electron chi connectivity index (χ0n) is 18.9. The molecule has 2 N–H and O–H groups in total. The standard InChI is InChI=1S/C24H32N2O4S/c1-15-20(22(23(28)29)30-24(3,4)5)26(18-11-13-31-14-12-18)16(2)19(21(15)27)25-17-9-7-6-8-10-17/h6-10,18,22,25H,11-14H2,1-5H3,(H,28,29). The molecule has 1 atom stereocenters. The Hall–Kier alpha value is -2.25. The molecule has 1 unspecified atom stereocenters. The molecule has 1 saturated heterocycles. The second kappa shape index (κ2) is 9.49. The highest BCUT2D eigenvalue weighted by molar-refractivity contribution is 7.99. The first-order valence-electron chi connectivity index (χ1n) is 10.7. The van der Waals surface area contributed by atoms with Gasteiger partial charge in [-0.1, -0.05) is 18.2 Å². The summed E-state index contributed by atoms with van der Waals surface area (Å²) < 4.78 is 8.04. The summed E-state index contributed by atoms with van der Waals surface area (Å²) >= 11 is 1.91.